The normalized spacial score (nSPS) is 12.7. The Hall–Kier alpha value is -1.93. The van der Waals surface area contributed by atoms with Crippen LogP contribution in [0.4, 0.5) is 0 Å². The summed E-state index contributed by atoms with van der Waals surface area (Å²) in [6.07, 6.45) is 0. The second-order valence-electron chi connectivity index (χ2n) is 4.35. The molecule has 0 aliphatic carbocycles. The summed E-state index contributed by atoms with van der Waals surface area (Å²) in [7, 11) is -3.73. The molecule has 0 radical (unpaired) electrons. The fourth-order valence-electron chi connectivity index (χ4n) is 1.59. The number of hydrogen-bond acceptors (Lipinski definition) is 5. The number of sulfonamides is 1. The van der Waals surface area contributed by atoms with Crippen molar-refractivity contribution in [2.75, 3.05) is 6.61 Å². The van der Waals surface area contributed by atoms with Gasteiger partial charge >= 0.3 is 11.9 Å². The van der Waals surface area contributed by atoms with Crippen molar-refractivity contribution in [3.05, 3.63) is 35.4 Å². The molecule has 8 heteroatoms. The van der Waals surface area contributed by atoms with Gasteiger partial charge in [0.15, 0.2) is 0 Å². The summed E-state index contributed by atoms with van der Waals surface area (Å²) in [5.74, 6) is -2.09. The molecule has 0 amide bonds. The molecule has 21 heavy (non-hydrogen) atoms. The highest BCUT2D eigenvalue weighted by atomic mass is 32.2. The second kappa shape index (κ2) is 7.19. The Kier molecular flexibility index (Phi) is 5.86. The van der Waals surface area contributed by atoms with Crippen LogP contribution in [0.25, 0.3) is 0 Å². The van der Waals surface area contributed by atoms with Crippen LogP contribution < -0.4 is 4.72 Å². The SMILES string of the molecule is CCOC(=O)C(C)NS(=O)(=O)Cc1ccc(C(=O)O)cc1. The van der Waals surface area contributed by atoms with Crippen molar-refractivity contribution < 1.29 is 27.9 Å². The minimum absolute atomic E-state index is 0.0731. The van der Waals surface area contributed by atoms with Crippen molar-refractivity contribution in [2.24, 2.45) is 0 Å². The molecule has 0 heterocycles. The third-order valence-electron chi connectivity index (χ3n) is 2.55. The lowest BCUT2D eigenvalue weighted by molar-refractivity contribution is -0.144. The topological polar surface area (TPSA) is 110 Å². The van der Waals surface area contributed by atoms with Gasteiger partial charge in [-0.2, -0.15) is 0 Å². The first-order chi connectivity index (χ1) is 9.75. The maximum absolute atomic E-state index is 11.9. The molecule has 2 N–H and O–H groups in total. The van der Waals surface area contributed by atoms with Crippen molar-refractivity contribution in [1.82, 2.24) is 4.72 Å². The molecule has 0 aliphatic heterocycles. The largest absolute Gasteiger partial charge is 0.478 e. The van der Waals surface area contributed by atoms with Crippen LogP contribution in [0.15, 0.2) is 24.3 Å². The van der Waals surface area contributed by atoms with Crippen LogP contribution in [0.3, 0.4) is 0 Å². The van der Waals surface area contributed by atoms with Crippen LogP contribution in [0, 0.1) is 0 Å². The molecular weight excluding hydrogens is 298 g/mol. The maximum atomic E-state index is 11.9. The summed E-state index contributed by atoms with van der Waals surface area (Å²) >= 11 is 0. The van der Waals surface area contributed by atoms with Gasteiger partial charge < -0.3 is 9.84 Å². The first-order valence-electron chi connectivity index (χ1n) is 6.24. The molecule has 1 aromatic rings. The fourth-order valence-corrected chi connectivity index (χ4v) is 2.94. The van der Waals surface area contributed by atoms with Crippen LogP contribution in [0.5, 0.6) is 0 Å². The van der Waals surface area contributed by atoms with E-state index in [0.29, 0.717) is 5.56 Å². The summed E-state index contributed by atoms with van der Waals surface area (Å²) in [6.45, 7) is 3.19. The van der Waals surface area contributed by atoms with Crippen LogP contribution >= 0.6 is 0 Å². The van der Waals surface area contributed by atoms with E-state index in [2.05, 4.69) is 4.72 Å². The number of nitrogens with one attached hydrogen (secondary N) is 1. The molecule has 7 nitrogen and oxygen atoms in total. The minimum Gasteiger partial charge on any atom is -0.478 e. The van der Waals surface area contributed by atoms with Gasteiger partial charge in [-0.25, -0.2) is 17.9 Å². The Labute approximate surface area is 123 Å². The zero-order valence-electron chi connectivity index (χ0n) is 11.7. The van der Waals surface area contributed by atoms with E-state index in [-0.39, 0.29) is 17.9 Å². The van der Waals surface area contributed by atoms with Crippen LogP contribution in [0.2, 0.25) is 0 Å². The number of carboxylic acids is 1. The van der Waals surface area contributed by atoms with Crippen molar-refractivity contribution in [2.45, 2.75) is 25.6 Å². The third kappa shape index (κ3) is 5.52. The number of hydrogen-bond donors (Lipinski definition) is 2. The van der Waals surface area contributed by atoms with E-state index >= 15 is 0 Å². The molecule has 0 spiro atoms. The van der Waals surface area contributed by atoms with Crippen LogP contribution in [0.1, 0.15) is 29.8 Å². The molecule has 0 bridgehead atoms. The zero-order chi connectivity index (χ0) is 16.0. The van der Waals surface area contributed by atoms with Crippen LogP contribution in [-0.4, -0.2) is 38.1 Å². The van der Waals surface area contributed by atoms with E-state index in [1.807, 2.05) is 0 Å². The smallest absolute Gasteiger partial charge is 0.335 e. The van der Waals surface area contributed by atoms with E-state index in [9.17, 15) is 18.0 Å². The van der Waals surface area contributed by atoms with Crippen molar-refractivity contribution >= 4 is 22.0 Å². The number of esters is 1. The predicted molar refractivity (Wildman–Crippen MR) is 75.3 cm³/mol. The Morgan fingerprint density at radius 3 is 2.33 bits per heavy atom. The molecule has 0 aliphatic rings. The van der Waals surface area contributed by atoms with Gasteiger partial charge in [0.2, 0.25) is 10.0 Å². The average molecular weight is 315 g/mol. The molecule has 1 atom stereocenters. The van der Waals surface area contributed by atoms with E-state index < -0.39 is 28.0 Å². The van der Waals surface area contributed by atoms with Gasteiger partial charge in [0.05, 0.1) is 17.9 Å². The predicted octanol–water partition coefficient (Wildman–Crippen LogP) is 0.756. The Morgan fingerprint density at radius 1 is 1.29 bits per heavy atom. The number of ether oxygens (including phenoxy) is 1. The first-order valence-corrected chi connectivity index (χ1v) is 7.89. The van der Waals surface area contributed by atoms with Crippen molar-refractivity contribution in [1.29, 1.82) is 0 Å². The number of carbonyl (C=O) groups is 2. The Morgan fingerprint density at radius 2 is 1.86 bits per heavy atom. The summed E-state index contributed by atoms with van der Waals surface area (Å²) in [5.41, 5.74) is 0.493. The standard InChI is InChI=1S/C13H17NO6S/c1-3-20-13(17)9(2)14-21(18,19)8-10-4-6-11(7-5-10)12(15)16/h4-7,9,14H,3,8H2,1-2H3,(H,15,16). The molecule has 0 aromatic heterocycles. The summed E-state index contributed by atoms with van der Waals surface area (Å²) < 4.78 is 30.7. The highest BCUT2D eigenvalue weighted by molar-refractivity contribution is 7.88. The molecule has 116 valence electrons. The second-order valence-corrected chi connectivity index (χ2v) is 6.11. The highest BCUT2D eigenvalue weighted by Gasteiger charge is 2.21. The van der Waals surface area contributed by atoms with E-state index in [1.54, 1.807) is 6.92 Å². The number of aromatic carboxylic acids is 1. The molecule has 0 saturated carbocycles. The van der Waals surface area contributed by atoms with Gasteiger partial charge in [0, 0.05) is 0 Å². The number of carbonyl (C=O) groups excluding carboxylic acids is 1. The molecule has 0 fully saturated rings. The number of carboxylic acid groups (broad SMARTS) is 1. The lowest BCUT2D eigenvalue weighted by Gasteiger charge is -2.13. The average Bonchev–Trinajstić information content (AvgIpc) is 2.38. The van der Waals surface area contributed by atoms with Gasteiger partial charge in [0.25, 0.3) is 0 Å². The number of benzene rings is 1. The fraction of sp³-hybridized carbons (Fsp3) is 0.385. The third-order valence-corrected chi connectivity index (χ3v) is 3.98. The molecule has 1 unspecified atom stereocenters. The zero-order valence-corrected chi connectivity index (χ0v) is 12.5. The maximum Gasteiger partial charge on any atom is 0.335 e. The minimum atomic E-state index is -3.73. The number of rotatable bonds is 7. The van der Waals surface area contributed by atoms with Gasteiger partial charge in [-0.15, -0.1) is 0 Å². The summed E-state index contributed by atoms with van der Waals surface area (Å²) in [4.78, 5) is 22.1. The molecule has 1 rings (SSSR count). The van der Waals surface area contributed by atoms with E-state index in [0.717, 1.165) is 0 Å². The quantitative estimate of drug-likeness (QED) is 0.719. The monoisotopic (exact) mass is 315 g/mol. The van der Waals surface area contributed by atoms with Gasteiger partial charge in [-0.3, -0.25) is 4.79 Å². The van der Waals surface area contributed by atoms with Gasteiger partial charge in [-0.05, 0) is 31.5 Å². The summed E-state index contributed by atoms with van der Waals surface area (Å²) in [5, 5.41) is 8.76. The molecule has 0 saturated heterocycles. The Balaban J connectivity index is 2.72. The van der Waals surface area contributed by atoms with Crippen molar-refractivity contribution in [3.8, 4) is 0 Å². The van der Waals surface area contributed by atoms with E-state index in [1.165, 1.54) is 31.2 Å². The Bertz CT molecular complexity index is 608. The molecule has 1 aromatic carbocycles. The first kappa shape index (κ1) is 17.1. The van der Waals surface area contributed by atoms with Crippen LogP contribution in [-0.2, 0) is 25.3 Å². The lowest BCUT2D eigenvalue weighted by Crippen LogP contribution is -2.40. The highest BCUT2D eigenvalue weighted by Crippen LogP contribution is 2.08. The lowest BCUT2D eigenvalue weighted by atomic mass is 10.1. The van der Waals surface area contributed by atoms with E-state index in [4.69, 9.17) is 9.84 Å². The van der Waals surface area contributed by atoms with Gasteiger partial charge in [0.1, 0.15) is 6.04 Å². The molecular formula is C13H17NO6S. The van der Waals surface area contributed by atoms with Gasteiger partial charge in [-0.1, -0.05) is 12.1 Å². The van der Waals surface area contributed by atoms with Crippen molar-refractivity contribution in [3.63, 3.8) is 0 Å². The summed E-state index contributed by atoms with van der Waals surface area (Å²) in [6, 6.07) is 4.49.